The molecule has 72 valence electrons. The lowest BCUT2D eigenvalue weighted by Crippen LogP contribution is -2.32. The standard InChI is InChI=1S/C9H7NO4/c11-4-3-7(6-12)5-10-8(13)1-2-9(10)14/h1-2,4H,3,5H2. The van der Waals surface area contributed by atoms with E-state index in [1.54, 1.807) is 0 Å². The fourth-order valence-electron chi connectivity index (χ4n) is 1.02. The monoisotopic (exact) mass is 193 g/mol. The molecule has 0 bridgehead atoms. The summed E-state index contributed by atoms with van der Waals surface area (Å²) < 4.78 is 0. The summed E-state index contributed by atoms with van der Waals surface area (Å²) in [5.41, 5.74) is 0.0883. The third-order valence-corrected chi connectivity index (χ3v) is 1.72. The third kappa shape index (κ3) is 2.02. The zero-order valence-electron chi connectivity index (χ0n) is 7.23. The maximum atomic E-state index is 11.0. The maximum absolute atomic E-state index is 11.0. The highest BCUT2D eigenvalue weighted by molar-refractivity contribution is 6.13. The molecule has 0 fully saturated rings. The number of amides is 2. The Labute approximate surface area is 79.7 Å². The van der Waals surface area contributed by atoms with Crippen LogP contribution >= 0.6 is 0 Å². The molecule has 14 heavy (non-hydrogen) atoms. The number of aldehydes is 1. The van der Waals surface area contributed by atoms with E-state index in [0.717, 1.165) is 17.1 Å². The van der Waals surface area contributed by atoms with Crippen molar-refractivity contribution in [1.29, 1.82) is 0 Å². The largest absolute Gasteiger partial charge is 0.303 e. The molecule has 1 aliphatic heterocycles. The van der Waals surface area contributed by atoms with E-state index in [-0.39, 0.29) is 18.5 Å². The van der Waals surface area contributed by atoms with Gasteiger partial charge in [-0.1, -0.05) is 0 Å². The van der Waals surface area contributed by atoms with Crippen LogP contribution in [-0.4, -0.2) is 35.5 Å². The topological polar surface area (TPSA) is 71.5 Å². The van der Waals surface area contributed by atoms with Gasteiger partial charge < -0.3 is 4.79 Å². The maximum Gasteiger partial charge on any atom is 0.253 e. The van der Waals surface area contributed by atoms with E-state index < -0.39 is 11.8 Å². The zero-order chi connectivity index (χ0) is 10.6. The van der Waals surface area contributed by atoms with E-state index in [1.807, 2.05) is 0 Å². The van der Waals surface area contributed by atoms with Crippen molar-refractivity contribution in [3.8, 4) is 0 Å². The van der Waals surface area contributed by atoms with E-state index in [4.69, 9.17) is 0 Å². The average molecular weight is 193 g/mol. The van der Waals surface area contributed by atoms with Gasteiger partial charge in [-0.05, 0) is 0 Å². The molecule has 0 saturated heterocycles. The summed E-state index contributed by atoms with van der Waals surface area (Å²) in [5, 5.41) is 0. The number of carbonyl (C=O) groups excluding carboxylic acids is 4. The molecular formula is C9H7NO4. The molecule has 1 rings (SSSR count). The fourth-order valence-corrected chi connectivity index (χ4v) is 1.02. The van der Waals surface area contributed by atoms with E-state index >= 15 is 0 Å². The summed E-state index contributed by atoms with van der Waals surface area (Å²) in [6, 6.07) is 0. The smallest absolute Gasteiger partial charge is 0.253 e. The van der Waals surface area contributed by atoms with Crippen LogP contribution in [-0.2, 0) is 19.2 Å². The van der Waals surface area contributed by atoms with Gasteiger partial charge in [0, 0.05) is 24.1 Å². The van der Waals surface area contributed by atoms with Gasteiger partial charge in [0.25, 0.3) is 11.8 Å². The molecular weight excluding hydrogens is 186 g/mol. The number of imide groups is 1. The fraction of sp³-hybridized carbons (Fsp3) is 0.222. The minimum Gasteiger partial charge on any atom is -0.303 e. The van der Waals surface area contributed by atoms with Crippen LogP contribution in [0.15, 0.2) is 17.7 Å². The van der Waals surface area contributed by atoms with Gasteiger partial charge in [-0.15, -0.1) is 0 Å². The quantitative estimate of drug-likeness (QED) is 0.335. The van der Waals surface area contributed by atoms with Crippen molar-refractivity contribution in [1.82, 2.24) is 4.90 Å². The van der Waals surface area contributed by atoms with Gasteiger partial charge in [0.05, 0.1) is 6.54 Å². The summed E-state index contributed by atoms with van der Waals surface area (Å²) in [6.07, 6.45) is 2.65. The van der Waals surface area contributed by atoms with Crippen LogP contribution in [0.5, 0.6) is 0 Å². The van der Waals surface area contributed by atoms with E-state index in [9.17, 15) is 19.2 Å². The first kappa shape index (κ1) is 10.1. The molecule has 0 saturated carbocycles. The van der Waals surface area contributed by atoms with Gasteiger partial charge in [-0.25, -0.2) is 4.79 Å². The highest BCUT2D eigenvalue weighted by atomic mass is 16.2. The molecule has 5 nitrogen and oxygen atoms in total. The summed E-state index contributed by atoms with van der Waals surface area (Å²) in [7, 11) is 0. The highest BCUT2D eigenvalue weighted by Crippen LogP contribution is 2.07. The summed E-state index contributed by atoms with van der Waals surface area (Å²) in [6.45, 7) is -0.160. The van der Waals surface area contributed by atoms with Crippen LogP contribution < -0.4 is 0 Å². The zero-order valence-corrected chi connectivity index (χ0v) is 7.23. The molecule has 2 amide bonds. The first-order valence-electron chi connectivity index (χ1n) is 3.89. The molecule has 0 radical (unpaired) electrons. The minimum atomic E-state index is -0.478. The van der Waals surface area contributed by atoms with Crippen molar-refractivity contribution in [3.63, 3.8) is 0 Å². The lowest BCUT2D eigenvalue weighted by molar-refractivity contribution is -0.136. The van der Waals surface area contributed by atoms with Gasteiger partial charge in [0.2, 0.25) is 0 Å². The Hall–Kier alpha value is -2.00. The van der Waals surface area contributed by atoms with Gasteiger partial charge in [-0.3, -0.25) is 14.5 Å². The van der Waals surface area contributed by atoms with Crippen LogP contribution in [0.25, 0.3) is 0 Å². The molecule has 0 N–H and O–H groups in total. The van der Waals surface area contributed by atoms with Crippen molar-refractivity contribution in [2.24, 2.45) is 0 Å². The Morgan fingerprint density at radius 3 is 2.36 bits per heavy atom. The summed E-state index contributed by atoms with van der Waals surface area (Å²) in [5.74, 6) is 0.576. The van der Waals surface area contributed by atoms with E-state index in [2.05, 4.69) is 0 Å². The van der Waals surface area contributed by atoms with Crippen molar-refractivity contribution in [2.45, 2.75) is 6.42 Å². The lowest BCUT2D eigenvalue weighted by Gasteiger charge is -2.12. The van der Waals surface area contributed by atoms with Crippen LogP contribution in [0, 0.1) is 0 Å². The molecule has 1 aliphatic rings. The van der Waals surface area contributed by atoms with Gasteiger partial charge in [0.1, 0.15) is 12.2 Å². The number of hydrogen-bond acceptors (Lipinski definition) is 4. The normalized spacial score (nSPS) is 14.4. The molecule has 0 aromatic rings. The molecule has 1 heterocycles. The lowest BCUT2D eigenvalue weighted by atomic mass is 10.2. The molecule has 5 heteroatoms. The summed E-state index contributed by atoms with van der Waals surface area (Å²) >= 11 is 0. The first-order valence-corrected chi connectivity index (χ1v) is 3.89. The summed E-state index contributed by atoms with van der Waals surface area (Å²) in [4.78, 5) is 43.3. The van der Waals surface area contributed by atoms with Gasteiger partial charge in [0.15, 0.2) is 0 Å². The van der Waals surface area contributed by atoms with Crippen molar-refractivity contribution in [3.05, 3.63) is 17.7 Å². The number of nitrogens with zero attached hydrogens (tertiary/aromatic N) is 1. The Balaban J connectivity index is 2.69. The minimum absolute atomic E-state index is 0.0883. The van der Waals surface area contributed by atoms with Gasteiger partial charge in [-0.2, -0.15) is 0 Å². The third-order valence-electron chi connectivity index (χ3n) is 1.72. The number of rotatable bonds is 4. The van der Waals surface area contributed by atoms with Crippen LogP contribution in [0.4, 0.5) is 0 Å². The number of hydrogen-bond donors (Lipinski definition) is 0. The molecule has 0 atom stereocenters. The molecule has 0 aliphatic carbocycles. The van der Waals surface area contributed by atoms with Crippen molar-refractivity contribution >= 4 is 24.0 Å². The van der Waals surface area contributed by atoms with Crippen LogP contribution in [0.1, 0.15) is 6.42 Å². The Morgan fingerprint density at radius 2 is 1.93 bits per heavy atom. The number of carbonyl (C=O) groups is 3. The molecule has 0 unspecified atom stereocenters. The predicted molar refractivity (Wildman–Crippen MR) is 45.7 cm³/mol. The van der Waals surface area contributed by atoms with Crippen molar-refractivity contribution < 1.29 is 19.2 Å². The second-order valence-electron chi connectivity index (χ2n) is 2.67. The van der Waals surface area contributed by atoms with E-state index in [1.165, 1.54) is 5.94 Å². The Bertz CT molecular complexity index is 345. The van der Waals surface area contributed by atoms with Crippen LogP contribution in [0.2, 0.25) is 0 Å². The second-order valence-corrected chi connectivity index (χ2v) is 2.67. The second kappa shape index (κ2) is 4.30. The molecule has 0 aromatic heterocycles. The molecule has 0 spiro atoms. The Kier molecular flexibility index (Phi) is 3.09. The SMILES string of the molecule is O=C=C(CC=O)CN1C(=O)C=CC1=O. The predicted octanol–water partition coefficient (Wildman–Crippen LogP) is -0.742. The first-order chi connectivity index (χ1) is 6.69. The van der Waals surface area contributed by atoms with Crippen LogP contribution in [0.3, 0.4) is 0 Å². The molecule has 0 aromatic carbocycles. The van der Waals surface area contributed by atoms with Gasteiger partial charge >= 0.3 is 0 Å². The van der Waals surface area contributed by atoms with E-state index in [0.29, 0.717) is 6.29 Å². The highest BCUT2D eigenvalue weighted by Gasteiger charge is 2.24. The average Bonchev–Trinajstić information content (AvgIpc) is 2.48. The van der Waals surface area contributed by atoms with Crippen molar-refractivity contribution in [2.75, 3.05) is 6.54 Å². The Morgan fingerprint density at radius 1 is 1.36 bits per heavy atom.